The maximum absolute atomic E-state index is 5.97. The van der Waals surface area contributed by atoms with Crippen LogP contribution in [-0.2, 0) is 6.42 Å². The summed E-state index contributed by atoms with van der Waals surface area (Å²) in [6, 6.07) is 8.40. The first-order valence-electron chi connectivity index (χ1n) is 8.55. The molecule has 0 heterocycles. The Morgan fingerprint density at radius 2 is 1.76 bits per heavy atom. The summed E-state index contributed by atoms with van der Waals surface area (Å²) in [6.45, 7) is 6.88. The average molecular weight is 308 g/mol. The first-order chi connectivity index (χ1) is 10.1. The molecule has 1 fully saturated rings. The quantitative estimate of drug-likeness (QED) is 0.628. The van der Waals surface area contributed by atoms with Gasteiger partial charge in [0, 0.05) is 5.02 Å². The summed E-state index contributed by atoms with van der Waals surface area (Å²) in [4.78, 5) is 0. The molecule has 1 nitrogen and oxygen atoms in total. The van der Waals surface area contributed by atoms with Crippen molar-refractivity contribution < 1.29 is 0 Å². The zero-order chi connectivity index (χ0) is 15.1. The van der Waals surface area contributed by atoms with Crippen LogP contribution in [0.25, 0.3) is 0 Å². The summed E-state index contributed by atoms with van der Waals surface area (Å²) in [6.07, 6.45) is 9.55. The topological polar surface area (TPSA) is 12.0 Å². The van der Waals surface area contributed by atoms with E-state index in [2.05, 4.69) is 31.3 Å². The normalized spacial score (nSPS) is 17.5. The summed E-state index contributed by atoms with van der Waals surface area (Å²) < 4.78 is 0. The summed E-state index contributed by atoms with van der Waals surface area (Å²) in [5.74, 6) is 0.749. The van der Waals surface area contributed by atoms with Gasteiger partial charge in [0.2, 0.25) is 0 Å². The van der Waals surface area contributed by atoms with Crippen molar-refractivity contribution in [3.05, 3.63) is 34.9 Å². The second-order valence-electron chi connectivity index (χ2n) is 7.18. The van der Waals surface area contributed by atoms with Crippen LogP contribution < -0.4 is 5.32 Å². The Balaban J connectivity index is 1.81. The highest BCUT2D eigenvalue weighted by molar-refractivity contribution is 6.30. The molecule has 21 heavy (non-hydrogen) atoms. The maximum atomic E-state index is 5.97. The van der Waals surface area contributed by atoms with E-state index in [1.807, 2.05) is 12.1 Å². The fraction of sp³-hybridized carbons (Fsp3) is 0.684. The van der Waals surface area contributed by atoms with E-state index in [9.17, 15) is 0 Å². The third-order valence-electron chi connectivity index (χ3n) is 4.91. The SMILES string of the molecule is CC(C)CNCCC1(CCc2ccc(Cl)cc2)CCCC1. The van der Waals surface area contributed by atoms with Crippen molar-refractivity contribution in [2.45, 2.75) is 58.8 Å². The van der Waals surface area contributed by atoms with Gasteiger partial charge in [0.25, 0.3) is 0 Å². The summed E-state index contributed by atoms with van der Waals surface area (Å²) in [5.41, 5.74) is 2.02. The first-order valence-corrected chi connectivity index (χ1v) is 8.93. The molecule has 1 aromatic rings. The van der Waals surface area contributed by atoms with Crippen LogP contribution in [0.4, 0.5) is 0 Å². The molecular weight excluding hydrogens is 278 g/mol. The highest BCUT2D eigenvalue weighted by Gasteiger charge is 2.32. The second-order valence-corrected chi connectivity index (χ2v) is 7.62. The first kappa shape index (κ1) is 16.8. The third kappa shape index (κ3) is 5.64. The Bertz CT molecular complexity index is 404. The third-order valence-corrected chi connectivity index (χ3v) is 5.16. The van der Waals surface area contributed by atoms with E-state index in [1.165, 1.54) is 57.1 Å². The molecule has 0 amide bonds. The van der Waals surface area contributed by atoms with Gasteiger partial charge in [0.15, 0.2) is 0 Å². The van der Waals surface area contributed by atoms with Crippen LogP contribution in [0.15, 0.2) is 24.3 Å². The Hall–Kier alpha value is -0.530. The molecule has 0 unspecified atom stereocenters. The number of aryl methyl sites for hydroxylation is 1. The smallest absolute Gasteiger partial charge is 0.0406 e. The van der Waals surface area contributed by atoms with Crippen LogP contribution in [-0.4, -0.2) is 13.1 Å². The van der Waals surface area contributed by atoms with Gasteiger partial charge in [-0.2, -0.15) is 0 Å². The monoisotopic (exact) mass is 307 g/mol. The number of benzene rings is 1. The lowest BCUT2D eigenvalue weighted by Crippen LogP contribution is -2.27. The number of hydrogen-bond acceptors (Lipinski definition) is 1. The molecule has 0 bridgehead atoms. The molecule has 2 rings (SSSR count). The van der Waals surface area contributed by atoms with Crippen molar-refractivity contribution in [3.8, 4) is 0 Å². The molecule has 1 saturated carbocycles. The molecule has 2 heteroatoms. The average Bonchev–Trinajstić information content (AvgIpc) is 2.92. The van der Waals surface area contributed by atoms with Gasteiger partial charge in [0.05, 0.1) is 0 Å². The van der Waals surface area contributed by atoms with Crippen LogP contribution in [0.5, 0.6) is 0 Å². The van der Waals surface area contributed by atoms with Crippen LogP contribution in [0.1, 0.15) is 57.9 Å². The van der Waals surface area contributed by atoms with Gasteiger partial charge in [-0.05, 0) is 74.2 Å². The fourth-order valence-corrected chi connectivity index (χ4v) is 3.68. The van der Waals surface area contributed by atoms with E-state index in [1.54, 1.807) is 0 Å². The van der Waals surface area contributed by atoms with Crippen molar-refractivity contribution in [3.63, 3.8) is 0 Å². The minimum absolute atomic E-state index is 0.587. The van der Waals surface area contributed by atoms with Crippen LogP contribution in [0, 0.1) is 11.3 Å². The maximum Gasteiger partial charge on any atom is 0.0406 e. The molecule has 1 aromatic carbocycles. The minimum atomic E-state index is 0.587. The van der Waals surface area contributed by atoms with Gasteiger partial charge >= 0.3 is 0 Å². The predicted molar refractivity (Wildman–Crippen MR) is 93.0 cm³/mol. The zero-order valence-electron chi connectivity index (χ0n) is 13.6. The van der Waals surface area contributed by atoms with Gasteiger partial charge in [0.1, 0.15) is 0 Å². The molecular formula is C19H30ClN. The zero-order valence-corrected chi connectivity index (χ0v) is 14.4. The number of nitrogens with one attached hydrogen (secondary N) is 1. The second kappa shape index (κ2) is 8.19. The van der Waals surface area contributed by atoms with Crippen LogP contribution >= 0.6 is 11.6 Å². The largest absolute Gasteiger partial charge is 0.316 e. The van der Waals surface area contributed by atoms with E-state index >= 15 is 0 Å². The molecule has 1 aliphatic carbocycles. The van der Waals surface area contributed by atoms with Crippen LogP contribution in [0.2, 0.25) is 5.02 Å². The van der Waals surface area contributed by atoms with Crippen molar-refractivity contribution in [2.24, 2.45) is 11.3 Å². The molecule has 0 saturated heterocycles. The van der Waals surface area contributed by atoms with Gasteiger partial charge < -0.3 is 5.32 Å². The van der Waals surface area contributed by atoms with Crippen molar-refractivity contribution >= 4 is 11.6 Å². The van der Waals surface area contributed by atoms with Gasteiger partial charge in [-0.3, -0.25) is 0 Å². The van der Waals surface area contributed by atoms with E-state index in [0.29, 0.717) is 5.41 Å². The fourth-order valence-electron chi connectivity index (χ4n) is 3.55. The lowest BCUT2D eigenvalue weighted by molar-refractivity contribution is 0.244. The number of hydrogen-bond donors (Lipinski definition) is 1. The Morgan fingerprint density at radius 3 is 2.38 bits per heavy atom. The van der Waals surface area contributed by atoms with Gasteiger partial charge in [-0.25, -0.2) is 0 Å². The highest BCUT2D eigenvalue weighted by Crippen LogP contribution is 2.44. The van der Waals surface area contributed by atoms with Crippen molar-refractivity contribution in [1.29, 1.82) is 0 Å². The van der Waals surface area contributed by atoms with E-state index < -0.39 is 0 Å². The lowest BCUT2D eigenvalue weighted by Gasteiger charge is -2.29. The molecule has 1 N–H and O–H groups in total. The molecule has 0 aromatic heterocycles. The van der Waals surface area contributed by atoms with E-state index in [0.717, 1.165) is 17.5 Å². The number of halogens is 1. The van der Waals surface area contributed by atoms with Crippen LogP contribution in [0.3, 0.4) is 0 Å². The minimum Gasteiger partial charge on any atom is -0.316 e. The summed E-state index contributed by atoms with van der Waals surface area (Å²) >= 11 is 5.97. The highest BCUT2D eigenvalue weighted by atomic mass is 35.5. The standard InChI is InChI=1S/C19H30ClN/c1-16(2)15-21-14-13-19(10-3-4-11-19)12-9-17-5-7-18(20)8-6-17/h5-8,16,21H,3-4,9-15H2,1-2H3. The van der Waals surface area contributed by atoms with Crippen molar-refractivity contribution in [2.75, 3.05) is 13.1 Å². The molecule has 0 aliphatic heterocycles. The molecule has 118 valence electrons. The molecule has 1 aliphatic rings. The van der Waals surface area contributed by atoms with E-state index in [-0.39, 0.29) is 0 Å². The Kier molecular flexibility index (Phi) is 6.57. The summed E-state index contributed by atoms with van der Waals surface area (Å²) in [5, 5.41) is 4.46. The Labute approximate surface area is 135 Å². The molecule has 0 atom stereocenters. The Morgan fingerprint density at radius 1 is 1.10 bits per heavy atom. The van der Waals surface area contributed by atoms with E-state index in [4.69, 9.17) is 11.6 Å². The lowest BCUT2D eigenvalue weighted by atomic mass is 9.77. The summed E-state index contributed by atoms with van der Waals surface area (Å²) in [7, 11) is 0. The van der Waals surface area contributed by atoms with Gasteiger partial charge in [-0.1, -0.05) is 50.4 Å². The predicted octanol–water partition coefficient (Wildman–Crippen LogP) is 5.47. The van der Waals surface area contributed by atoms with Gasteiger partial charge in [-0.15, -0.1) is 0 Å². The molecule has 0 spiro atoms. The molecule has 0 radical (unpaired) electrons. The number of rotatable bonds is 8. The van der Waals surface area contributed by atoms with Crippen molar-refractivity contribution in [1.82, 2.24) is 5.32 Å².